The zero-order chi connectivity index (χ0) is 19.0. The Kier molecular flexibility index (Phi) is 4.31. The van der Waals surface area contributed by atoms with E-state index in [1.165, 1.54) is 6.33 Å². The number of benzene rings is 1. The molecule has 0 radical (unpaired) electrons. The molecule has 2 aromatic heterocycles. The van der Waals surface area contributed by atoms with Crippen LogP contribution in [-0.2, 0) is 0 Å². The largest absolute Gasteiger partial charge is 0.335 e. The molecule has 0 aliphatic carbocycles. The van der Waals surface area contributed by atoms with E-state index in [0.29, 0.717) is 31.7 Å². The molecule has 1 N–H and O–H groups in total. The summed E-state index contributed by atoms with van der Waals surface area (Å²) < 4.78 is 0. The van der Waals surface area contributed by atoms with Crippen molar-refractivity contribution in [3.63, 3.8) is 0 Å². The molecule has 3 aromatic rings. The Labute approximate surface area is 156 Å². The van der Waals surface area contributed by atoms with E-state index >= 15 is 0 Å². The zero-order valence-electron chi connectivity index (χ0n) is 15.3. The maximum absolute atomic E-state index is 13.1. The molecule has 2 amide bonds. The van der Waals surface area contributed by atoms with Gasteiger partial charge in [0.1, 0.15) is 6.33 Å². The Morgan fingerprint density at radius 3 is 2.41 bits per heavy atom. The number of pyridine rings is 1. The van der Waals surface area contributed by atoms with Gasteiger partial charge in [-0.25, -0.2) is 4.98 Å². The number of nitrogens with one attached hydrogen (secondary N) is 1. The second kappa shape index (κ2) is 6.79. The fourth-order valence-corrected chi connectivity index (χ4v) is 3.44. The summed E-state index contributed by atoms with van der Waals surface area (Å²) in [5, 5.41) is 7.16. The minimum atomic E-state index is -0.194. The molecule has 0 atom stereocenters. The lowest BCUT2D eigenvalue weighted by Crippen LogP contribution is -2.50. The highest BCUT2D eigenvalue weighted by atomic mass is 16.2. The van der Waals surface area contributed by atoms with Gasteiger partial charge in [-0.1, -0.05) is 18.2 Å². The minimum Gasteiger partial charge on any atom is -0.335 e. The molecule has 138 valence electrons. The highest BCUT2D eigenvalue weighted by molar-refractivity contribution is 6.07. The van der Waals surface area contributed by atoms with E-state index in [2.05, 4.69) is 20.2 Å². The molecule has 4 rings (SSSR count). The van der Waals surface area contributed by atoms with Crippen LogP contribution in [0, 0.1) is 13.8 Å². The Hall–Kier alpha value is -3.29. The van der Waals surface area contributed by atoms with Crippen molar-refractivity contribution >= 4 is 22.7 Å². The standard InChI is InChI=1S/C19H20N6O2/c1-12-4-3-5-14-15(10-13(2)22-16(12)14)18(26)24-6-8-25(9-7-24)19(27)17-20-11-21-23-17/h3-5,10-11H,6-9H2,1-2H3,(H,20,21,23). The number of carbonyl (C=O) groups excluding carboxylic acids is 2. The van der Waals surface area contributed by atoms with Crippen molar-refractivity contribution in [2.24, 2.45) is 0 Å². The van der Waals surface area contributed by atoms with Crippen molar-refractivity contribution in [3.05, 3.63) is 53.2 Å². The summed E-state index contributed by atoms with van der Waals surface area (Å²) in [7, 11) is 0. The normalized spacial score (nSPS) is 14.6. The average molecular weight is 364 g/mol. The summed E-state index contributed by atoms with van der Waals surface area (Å²) in [6.45, 7) is 5.78. The molecule has 1 fully saturated rings. The van der Waals surface area contributed by atoms with Gasteiger partial charge in [0.05, 0.1) is 11.1 Å². The van der Waals surface area contributed by atoms with Gasteiger partial charge in [0.25, 0.3) is 11.8 Å². The van der Waals surface area contributed by atoms with Crippen molar-refractivity contribution in [2.75, 3.05) is 26.2 Å². The van der Waals surface area contributed by atoms with E-state index < -0.39 is 0 Å². The zero-order valence-corrected chi connectivity index (χ0v) is 15.3. The van der Waals surface area contributed by atoms with Gasteiger partial charge in [-0.15, -0.1) is 0 Å². The number of rotatable bonds is 2. The van der Waals surface area contributed by atoms with Crippen LogP contribution in [0.5, 0.6) is 0 Å². The topological polar surface area (TPSA) is 95.1 Å². The Morgan fingerprint density at radius 1 is 1.04 bits per heavy atom. The molecule has 27 heavy (non-hydrogen) atoms. The number of piperazine rings is 1. The lowest BCUT2D eigenvalue weighted by atomic mass is 10.0. The lowest BCUT2D eigenvalue weighted by Gasteiger charge is -2.34. The maximum Gasteiger partial charge on any atom is 0.291 e. The molecular formula is C19H20N6O2. The van der Waals surface area contributed by atoms with Gasteiger partial charge in [0.2, 0.25) is 5.82 Å². The van der Waals surface area contributed by atoms with Crippen molar-refractivity contribution in [1.82, 2.24) is 30.0 Å². The van der Waals surface area contributed by atoms with Crippen LogP contribution in [-0.4, -0.2) is 68.0 Å². The number of H-pyrrole nitrogens is 1. The monoisotopic (exact) mass is 364 g/mol. The Morgan fingerprint density at radius 2 is 1.74 bits per heavy atom. The molecule has 0 unspecified atom stereocenters. The molecule has 0 bridgehead atoms. The van der Waals surface area contributed by atoms with Crippen molar-refractivity contribution in [2.45, 2.75) is 13.8 Å². The number of amides is 2. The van der Waals surface area contributed by atoms with E-state index in [0.717, 1.165) is 22.2 Å². The predicted molar refractivity (Wildman–Crippen MR) is 99.4 cm³/mol. The number of hydrogen-bond acceptors (Lipinski definition) is 5. The van der Waals surface area contributed by atoms with Crippen LogP contribution in [0.1, 0.15) is 32.2 Å². The van der Waals surface area contributed by atoms with Crippen LogP contribution in [0.4, 0.5) is 0 Å². The summed E-state index contributed by atoms with van der Waals surface area (Å²) in [6.07, 6.45) is 1.31. The first kappa shape index (κ1) is 17.1. The fourth-order valence-electron chi connectivity index (χ4n) is 3.44. The van der Waals surface area contributed by atoms with E-state index in [1.807, 2.05) is 38.1 Å². The Balaban J connectivity index is 1.54. The molecule has 1 aliphatic heterocycles. The number of aromatic amines is 1. The summed E-state index contributed by atoms with van der Waals surface area (Å²) in [5.74, 6) is 0.00398. The van der Waals surface area contributed by atoms with Crippen LogP contribution in [0.2, 0.25) is 0 Å². The fraction of sp³-hybridized carbons (Fsp3) is 0.316. The molecular weight excluding hydrogens is 344 g/mol. The van der Waals surface area contributed by atoms with Gasteiger partial charge >= 0.3 is 0 Å². The number of hydrogen-bond donors (Lipinski definition) is 1. The van der Waals surface area contributed by atoms with Gasteiger partial charge in [0.15, 0.2) is 0 Å². The molecule has 1 aliphatic rings. The Bertz CT molecular complexity index is 1010. The predicted octanol–water partition coefficient (Wildman–Crippen LogP) is 1.57. The van der Waals surface area contributed by atoms with Crippen LogP contribution >= 0.6 is 0 Å². The van der Waals surface area contributed by atoms with Gasteiger partial charge in [-0.05, 0) is 25.5 Å². The second-order valence-electron chi connectivity index (χ2n) is 6.70. The van der Waals surface area contributed by atoms with Crippen LogP contribution in [0.25, 0.3) is 10.9 Å². The van der Waals surface area contributed by atoms with Crippen LogP contribution in [0.15, 0.2) is 30.6 Å². The highest BCUT2D eigenvalue weighted by Gasteiger charge is 2.27. The van der Waals surface area contributed by atoms with Crippen molar-refractivity contribution < 1.29 is 9.59 Å². The third kappa shape index (κ3) is 3.14. The number of nitrogens with zero attached hydrogens (tertiary/aromatic N) is 5. The first-order valence-electron chi connectivity index (χ1n) is 8.85. The van der Waals surface area contributed by atoms with Gasteiger partial charge in [0, 0.05) is 37.3 Å². The van der Waals surface area contributed by atoms with Gasteiger partial charge in [-0.3, -0.25) is 19.7 Å². The SMILES string of the molecule is Cc1cc(C(=O)N2CCN(C(=O)c3ncn[nH]3)CC2)c2cccc(C)c2n1. The molecule has 8 heteroatoms. The smallest absolute Gasteiger partial charge is 0.291 e. The van der Waals surface area contributed by atoms with E-state index in [4.69, 9.17) is 0 Å². The highest BCUT2D eigenvalue weighted by Crippen LogP contribution is 2.23. The molecule has 1 aromatic carbocycles. The average Bonchev–Trinajstić information content (AvgIpc) is 3.22. The third-order valence-corrected chi connectivity index (χ3v) is 4.87. The van der Waals surface area contributed by atoms with Gasteiger partial charge in [-0.2, -0.15) is 5.10 Å². The number of fused-ring (bicyclic) bond motifs is 1. The molecule has 1 saturated heterocycles. The number of carbonyl (C=O) groups is 2. The van der Waals surface area contributed by atoms with Crippen molar-refractivity contribution in [1.29, 1.82) is 0 Å². The second-order valence-corrected chi connectivity index (χ2v) is 6.70. The number of para-hydroxylation sites is 1. The number of aryl methyl sites for hydroxylation is 2. The summed E-state index contributed by atoms with van der Waals surface area (Å²) >= 11 is 0. The van der Waals surface area contributed by atoms with E-state index in [9.17, 15) is 9.59 Å². The molecule has 8 nitrogen and oxygen atoms in total. The van der Waals surface area contributed by atoms with E-state index in [1.54, 1.807) is 9.80 Å². The van der Waals surface area contributed by atoms with E-state index in [-0.39, 0.29) is 17.6 Å². The van der Waals surface area contributed by atoms with Gasteiger partial charge < -0.3 is 9.80 Å². The third-order valence-electron chi connectivity index (χ3n) is 4.87. The first-order chi connectivity index (χ1) is 13.0. The first-order valence-corrected chi connectivity index (χ1v) is 8.85. The molecule has 0 saturated carbocycles. The quantitative estimate of drug-likeness (QED) is 0.745. The molecule has 0 spiro atoms. The summed E-state index contributed by atoms with van der Waals surface area (Å²) in [5.41, 5.74) is 3.39. The minimum absolute atomic E-state index is 0.0251. The molecule has 3 heterocycles. The van der Waals surface area contributed by atoms with Crippen molar-refractivity contribution in [3.8, 4) is 0 Å². The van der Waals surface area contributed by atoms with Crippen LogP contribution < -0.4 is 0 Å². The summed E-state index contributed by atoms with van der Waals surface area (Å²) in [4.78, 5) is 37.5. The maximum atomic E-state index is 13.1. The number of aromatic nitrogens is 4. The lowest BCUT2D eigenvalue weighted by molar-refractivity contribution is 0.0530. The summed E-state index contributed by atoms with van der Waals surface area (Å²) in [6, 6.07) is 7.72. The van der Waals surface area contributed by atoms with Crippen LogP contribution in [0.3, 0.4) is 0 Å².